The maximum atomic E-state index is 11.7. The van der Waals surface area contributed by atoms with Crippen molar-refractivity contribution in [2.75, 3.05) is 0 Å². The summed E-state index contributed by atoms with van der Waals surface area (Å²) in [5, 5.41) is 0. The Hall–Kier alpha value is -1.18. The average Bonchev–Trinajstić information content (AvgIpc) is 2.36. The molecule has 0 aliphatic rings. The van der Waals surface area contributed by atoms with Crippen LogP contribution in [0.5, 0.6) is 0 Å². The van der Waals surface area contributed by atoms with E-state index in [4.69, 9.17) is 0 Å². The lowest BCUT2D eigenvalue weighted by molar-refractivity contribution is -0.118. The molecule has 0 N–H and O–H groups in total. The van der Waals surface area contributed by atoms with Gasteiger partial charge in [0.2, 0.25) is 0 Å². The summed E-state index contributed by atoms with van der Waals surface area (Å²) in [7, 11) is 0. The van der Waals surface area contributed by atoms with Gasteiger partial charge in [-0.2, -0.15) is 0 Å². The molecule has 1 aromatic heterocycles. The minimum absolute atomic E-state index is 0.321. The Kier molecular flexibility index (Phi) is 7.31. The SMILES string of the molecule is CCCCCCCCC(=O)Cc1ccc(C)cn1. The summed E-state index contributed by atoms with van der Waals surface area (Å²) in [5.41, 5.74) is 2.04. The third-order valence-electron chi connectivity index (χ3n) is 3.16. The van der Waals surface area contributed by atoms with Gasteiger partial charge in [-0.1, -0.05) is 45.1 Å². The highest BCUT2D eigenvalue weighted by Crippen LogP contribution is 2.08. The third-order valence-corrected chi connectivity index (χ3v) is 3.16. The molecule has 0 radical (unpaired) electrons. The van der Waals surface area contributed by atoms with Gasteiger partial charge >= 0.3 is 0 Å². The highest BCUT2D eigenvalue weighted by atomic mass is 16.1. The standard InChI is InChI=1S/C16H25NO/c1-3-4-5-6-7-8-9-16(18)12-15-11-10-14(2)13-17-15/h10-11,13H,3-9,12H2,1-2H3. The molecule has 2 nitrogen and oxygen atoms in total. The van der Waals surface area contributed by atoms with Crippen molar-refractivity contribution in [3.05, 3.63) is 29.6 Å². The van der Waals surface area contributed by atoms with Gasteiger partial charge in [0.05, 0.1) is 0 Å². The van der Waals surface area contributed by atoms with Crippen LogP contribution < -0.4 is 0 Å². The predicted octanol–water partition coefficient (Wildman–Crippen LogP) is 4.25. The van der Waals surface area contributed by atoms with Crippen molar-refractivity contribution in [1.29, 1.82) is 0 Å². The number of Topliss-reactive ketones (excluding diaryl/α,β-unsaturated/α-hetero) is 1. The van der Waals surface area contributed by atoms with E-state index in [2.05, 4.69) is 11.9 Å². The number of nitrogens with zero attached hydrogens (tertiary/aromatic N) is 1. The number of ketones is 1. The molecule has 0 spiro atoms. The van der Waals surface area contributed by atoms with Crippen LogP contribution in [-0.4, -0.2) is 10.8 Å². The maximum Gasteiger partial charge on any atom is 0.138 e. The third kappa shape index (κ3) is 6.53. The van der Waals surface area contributed by atoms with Gasteiger partial charge in [0.25, 0.3) is 0 Å². The van der Waals surface area contributed by atoms with Crippen LogP contribution in [0.4, 0.5) is 0 Å². The highest BCUT2D eigenvalue weighted by Gasteiger charge is 2.04. The summed E-state index contributed by atoms with van der Waals surface area (Å²) >= 11 is 0. The number of carbonyl (C=O) groups is 1. The zero-order valence-corrected chi connectivity index (χ0v) is 11.7. The summed E-state index contributed by atoms with van der Waals surface area (Å²) < 4.78 is 0. The summed E-state index contributed by atoms with van der Waals surface area (Å²) in [4.78, 5) is 16.0. The Labute approximate surface area is 111 Å². The van der Waals surface area contributed by atoms with Crippen LogP contribution in [0.3, 0.4) is 0 Å². The highest BCUT2D eigenvalue weighted by molar-refractivity contribution is 5.80. The zero-order chi connectivity index (χ0) is 13.2. The lowest BCUT2D eigenvalue weighted by Gasteiger charge is -2.02. The Morgan fingerprint density at radius 1 is 1.11 bits per heavy atom. The molecule has 18 heavy (non-hydrogen) atoms. The fraction of sp³-hybridized carbons (Fsp3) is 0.625. The molecule has 100 valence electrons. The molecule has 0 bridgehead atoms. The second kappa shape index (κ2) is 8.84. The molecule has 0 aliphatic carbocycles. The van der Waals surface area contributed by atoms with E-state index in [1.165, 1.54) is 32.1 Å². The molecule has 1 rings (SSSR count). The minimum atomic E-state index is 0.321. The van der Waals surface area contributed by atoms with Crippen molar-refractivity contribution < 1.29 is 4.79 Å². The Balaban J connectivity index is 2.12. The Morgan fingerprint density at radius 2 is 1.83 bits per heavy atom. The molecule has 0 unspecified atom stereocenters. The van der Waals surface area contributed by atoms with E-state index in [1.54, 1.807) is 0 Å². The van der Waals surface area contributed by atoms with Gasteiger partial charge in [0.15, 0.2) is 0 Å². The van der Waals surface area contributed by atoms with Gasteiger partial charge in [-0.3, -0.25) is 9.78 Å². The number of pyridine rings is 1. The monoisotopic (exact) mass is 247 g/mol. The number of aryl methyl sites for hydroxylation is 1. The van der Waals surface area contributed by atoms with Crippen LogP contribution in [0.15, 0.2) is 18.3 Å². The van der Waals surface area contributed by atoms with Crippen LogP contribution in [0.2, 0.25) is 0 Å². The van der Waals surface area contributed by atoms with Gasteiger partial charge in [0, 0.05) is 24.7 Å². The number of carbonyl (C=O) groups excluding carboxylic acids is 1. The summed E-state index contributed by atoms with van der Waals surface area (Å²) in [6.45, 7) is 4.23. The molecule has 0 amide bonds. The Bertz CT molecular complexity index is 343. The van der Waals surface area contributed by atoms with Crippen LogP contribution in [-0.2, 0) is 11.2 Å². The van der Waals surface area contributed by atoms with E-state index in [0.29, 0.717) is 18.6 Å². The molecule has 0 aliphatic heterocycles. The van der Waals surface area contributed by atoms with Gasteiger partial charge in [-0.05, 0) is 25.0 Å². The van der Waals surface area contributed by atoms with Crippen molar-refractivity contribution in [1.82, 2.24) is 4.98 Å². The topological polar surface area (TPSA) is 30.0 Å². The summed E-state index contributed by atoms with van der Waals surface area (Å²) in [5.74, 6) is 0.321. The van der Waals surface area contributed by atoms with Gasteiger partial charge in [-0.15, -0.1) is 0 Å². The van der Waals surface area contributed by atoms with Crippen molar-refractivity contribution >= 4 is 5.78 Å². The summed E-state index contributed by atoms with van der Waals surface area (Å²) in [6, 6.07) is 3.97. The normalized spacial score (nSPS) is 10.6. The largest absolute Gasteiger partial charge is 0.299 e. The van der Waals surface area contributed by atoms with Gasteiger partial charge in [0.1, 0.15) is 5.78 Å². The number of hydrogen-bond donors (Lipinski definition) is 0. The van der Waals surface area contributed by atoms with Crippen molar-refractivity contribution in [3.8, 4) is 0 Å². The molecule has 1 aromatic rings. The molecule has 2 heteroatoms. The molecule has 0 atom stereocenters. The number of hydrogen-bond acceptors (Lipinski definition) is 2. The predicted molar refractivity (Wildman–Crippen MR) is 75.7 cm³/mol. The lowest BCUT2D eigenvalue weighted by atomic mass is 10.1. The molecule has 0 saturated heterocycles. The van der Waals surface area contributed by atoms with Crippen molar-refractivity contribution in [2.45, 2.75) is 65.2 Å². The first-order chi connectivity index (χ1) is 8.72. The van der Waals surface area contributed by atoms with E-state index in [1.807, 2.05) is 25.3 Å². The van der Waals surface area contributed by atoms with E-state index in [-0.39, 0.29) is 0 Å². The summed E-state index contributed by atoms with van der Waals surface area (Å²) in [6.07, 6.45) is 10.4. The first kappa shape index (κ1) is 14.9. The molecular weight excluding hydrogens is 222 g/mol. The minimum Gasteiger partial charge on any atom is -0.299 e. The van der Waals surface area contributed by atoms with Gasteiger partial charge < -0.3 is 0 Å². The fourth-order valence-corrected chi connectivity index (χ4v) is 2.00. The first-order valence-corrected chi connectivity index (χ1v) is 7.15. The fourth-order valence-electron chi connectivity index (χ4n) is 2.00. The second-order valence-electron chi connectivity index (χ2n) is 5.06. The smallest absolute Gasteiger partial charge is 0.138 e. The zero-order valence-electron chi connectivity index (χ0n) is 11.7. The lowest BCUT2D eigenvalue weighted by Crippen LogP contribution is -2.04. The van der Waals surface area contributed by atoms with E-state index >= 15 is 0 Å². The van der Waals surface area contributed by atoms with E-state index in [0.717, 1.165) is 17.7 Å². The number of aromatic nitrogens is 1. The van der Waals surface area contributed by atoms with Crippen LogP contribution >= 0.6 is 0 Å². The number of unbranched alkanes of at least 4 members (excludes halogenated alkanes) is 5. The molecule has 0 saturated carbocycles. The molecule has 0 aromatic carbocycles. The first-order valence-electron chi connectivity index (χ1n) is 7.15. The molecule has 1 heterocycles. The molecular formula is C16H25NO. The van der Waals surface area contributed by atoms with Crippen LogP contribution in [0.25, 0.3) is 0 Å². The second-order valence-corrected chi connectivity index (χ2v) is 5.06. The quantitative estimate of drug-likeness (QED) is 0.610. The average molecular weight is 247 g/mol. The van der Waals surface area contributed by atoms with E-state index < -0.39 is 0 Å². The van der Waals surface area contributed by atoms with Crippen LogP contribution in [0.1, 0.15) is 63.1 Å². The van der Waals surface area contributed by atoms with Crippen molar-refractivity contribution in [2.24, 2.45) is 0 Å². The van der Waals surface area contributed by atoms with Crippen LogP contribution in [0, 0.1) is 6.92 Å². The van der Waals surface area contributed by atoms with E-state index in [9.17, 15) is 4.79 Å². The van der Waals surface area contributed by atoms with Gasteiger partial charge in [-0.25, -0.2) is 0 Å². The maximum absolute atomic E-state index is 11.7. The van der Waals surface area contributed by atoms with Crippen molar-refractivity contribution in [3.63, 3.8) is 0 Å². The Morgan fingerprint density at radius 3 is 2.50 bits per heavy atom. The molecule has 0 fully saturated rings. The number of rotatable bonds is 9.